The van der Waals surface area contributed by atoms with E-state index in [1.807, 2.05) is 6.07 Å². The summed E-state index contributed by atoms with van der Waals surface area (Å²) in [5.41, 5.74) is 2.66. The van der Waals surface area contributed by atoms with E-state index in [1.165, 1.54) is 6.20 Å². The average molecular weight is 377 g/mol. The van der Waals surface area contributed by atoms with Gasteiger partial charge in [0.15, 0.2) is 0 Å². The maximum absolute atomic E-state index is 12.3. The molecule has 3 aromatic heterocycles. The summed E-state index contributed by atoms with van der Waals surface area (Å²) >= 11 is 0. The van der Waals surface area contributed by atoms with Gasteiger partial charge < -0.3 is 9.47 Å². The molecule has 3 rings (SSSR count). The summed E-state index contributed by atoms with van der Waals surface area (Å²) in [5, 5.41) is 0. The molecule has 0 fully saturated rings. The van der Waals surface area contributed by atoms with Crippen LogP contribution in [-0.4, -0.2) is 40.1 Å². The van der Waals surface area contributed by atoms with Crippen LogP contribution in [0, 0.1) is 0 Å². The van der Waals surface area contributed by atoms with Gasteiger partial charge in [-0.25, -0.2) is 14.6 Å². The topological polar surface area (TPSA) is 91.3 Å². The molecular formula is C21H19N3O4. The second-order valence-electron chi connectivity index (χ2n) is 5.71. The van der Waals surface area contributed by atoms with Gasteiger partial charge in [0.25, 0.3) is 0 Å². The van der Waals surface area contributed by atoms with Gasteiger partial charge >= 0.3 is 11.9 Å². The first-order chi connectivity index (χ1) is 13.6. The minimum absolute atomic E-state index is 0.256. The largest absolute Gasteiger partial charge is 0.462 e. The molecule has 0 saturated carbocycles. The highest BCUT2D eigenvalue weighted by Gasteiger charge is 2.16. The minimum Gasteiger partial charge on any atom is -0.462 e. The third kappa shape index (κ3) is 4.37. The molecule has 142 valence electrons. The number of pyridine rings is 3. The van der Waals surface area contributed by atoms with Crippen LogP contribution in [0.15, 0.2) is 54.9 Å². The molecule has 7 heteroatoms. The summed E-state index contributed by atoms with van der Waals surface area (Å²) in [5.74, 6) is -0.914. The van der Waals surface area contributed by atoms with E-state index in [4.69, 9.17) is 9.47 Å². The second kappa shape index (κ2) is 8.85. The lowest BCUT2D eigenvalue weighted by Crippen LogP contribution is -2.07. The van der Waals surface area contributed by atoms with Crippen molar-refractivity contribution in [1.29, 1.82) is 0 Å². The van der Waals surface area contributed by atoms with Crippen LogP contribution >= 0.6 is 0 Å². The van der Waals surface area contributed by atoms with Gasteiger partial charge in [-0.15, -0.1) is 0 Å². The van der Waals surface area contributed by atoms with Gasteiger partial charge in [0.1, 0.15) is 0 Å². The highest BCUT2D eigenvalue weighted by atomic mass is 16.5. The Bertz CT molecular complexity index is 990. The lowest BCUT2D eigenvalue weighted by molar-refractivity contribution is 0.0516. The third-order valence-corrected chi connectivity index (χ3v) is 3.80. The van der Waals surface area contributed by atoms with E-state index < -0.39 is 11.9 Å². The lowest BCUT2D eigenvalue weighted by Gasteiger charge is -2.09. The van der Waals surface area contributed by atoms with Crippen molar-refractivity contribution in [3.05, 3.63) is 66.0 Å². The first kappa shape index (κ1) is 19.2. The third-order valence-electron chi connectivity index (χ3n) is 3.80. The molecular weight excluding hydrogens is 358 g/mol. The number of rotatable bonds is 6. The van der Waals surface area contributed by atoms with Crippen LogP contribution in [0.1, 0.15) is 34.6 Å². The molecule has 28 heavy (non-hydrogen) atoms. The molecule has 0 atom stereocenters. The molecule has 0 bridgehead atoms. The molecule has 0 amide bonds. The summed E-state index contributed by atoms with van der Waals surface area (Å²) in [7, 11) is 0. The van der Waals surface area contributed by atoms with Crippen LogP contribution in [0.4, 0.5) is 0 Å². The van der Waals surface area contributed by atoms with Crippen molar-refractivity contribution in [2.24, 2.45) is 0 Å². The van der Waals surface area contributed by atoms with Crippen molar-refractivity contribution >= 4 is 11.9 Å². The predicted molar refractivity (Wildman–Crippen MR) is 103 cm³/mol. The van der Waals surface area contributed by atoms with Crippen LogP contribution in [0.2, 0.25) is 0 Å². The van der Waals surface area contributed by atoms with Crippen LogP contribution in [0.5, 0.6) is 0 Å². The summed E-state index contributed by atoms with van der Waals surface area (Å²) in [6.45, 7) is 4.01. The zero-order chi connectivity index (χ0) is 19.9. The Hall–Kier alpha value is -3.61. The maximum Gasteiger partial charge on any atom is 0.338 e. The Balaban J connectivity index is 2.10. The van der Waals surface area contributed by atoms with Gasteiger partial charge in [-0.1, -0.05) is 6.07 Å². The van der Waals surface area contributed by atoms with Crippen molar-refractivity contribution in [1.82, 2.24) is 15.0 Å². The number of carbonyl (C=O) groups excluding carboxylic acids is 2. The quantitative estimate of drug-likeness (QED) is 0.607. The molecule has 0 aliphatic carbocycles. The van der Waals surface area contributed by atoms with Gasteiger partial charge in [0.05, 0.1) is 47.1 Å². The van der Waals surface area contributed by atoms with Crippen molar-refractivity contribution in [3.8, 4) is 22.8 Å². The smallest absolute Gasteiger partial charge is 0.338 e. The van der Waals surface area contributed by atoms with Crippen LogP contribution < -0.4 is 0 Å². The minimum atomic E-state index is -0.468. The van der Waals surface area contributed by atoms with Crippen LogP contribution in [0.3, 0.4) is 0 Å². The number of carbonyl (C=O) groups is 2. The number of hydrogen-bond acceptors (Lipinski definition) is 7. The highest BCUT2D eigenvalue weighted by molar-refractivity contribution is 5.93. The molecule has 0 N–H and O–H groups in total. The van der Waals surface area contributed by atoms with E-state index in [1.54, 1.807) is 56.4 Å². The predicted octanol–water partition coefficient (Wildman–Crippen LogP) is 3.56. The fourth-order valence-corrected chi connectivity index (χ4v) is 2.55. The second-order valence-corrected chi connectivity index (χ2v) is 5.71. The van der Waals surface area contributed by atoms with Gasteiger partial charge in [-0.2, -0.15) is 0 Å². The van der Waals surface area contributed by atoms with Crippen LogP contribution in [0.25, 0.3) is 22.8 Å². The number of ether oxygens (including phenoxy) is 2. The Kier molecular flexibility index (Phi) is 6.06. The molecule has 7 nitrogen and oxygen atoms in total. The highest BCUT2D eigenvalue weighted by Crippen LogP contribution is 2.24. The summed E-state index contributed by atoms with van der Waals surface area (Å²) in [6.07, 6.45) is 3.15. The zero-order valence-corrected chi connectivity index (χ0v) is 15.6. The molecule has 0 spiro atoms. The van der Waals surface area contributed by atoms with Crippen LogP contribution in [-0.2, 0) is 9.47 Å². The summed E-state index contributed by atoms with van der Waals surface area (Å²) < 4.78 is 10.2. The van der Waals surface area contributed by atoms with Crippen molar-refractivity contribution < 1.29 is 19.1 Å². The monoisotopic (exact) mass is 377 g/mol. The summed E-state index contributed by atoms with van der Waals surface area (Å²) in [6, 6.07) is 11.8. The average Bonchev–Trinajstić information content (AvgIpc) is 2.74. The zero-order valence-electron chi connectivity index (χ0n) is 15.6. The van der Waals surface area contributed by atoms with E-state index in [2.05, 4.69) is 15.0 Å². The Labute approximate surface area is 162 Å². The number of hydrogen-bond donors (Lipinski definition) is 0. The molecule has 0 aliphatic heterocycles. The molecule has 0 saturated heterocycles. The van der Waals surface area contributed by atoms with E-state index in [0.29, 0.717) is 33.9 Å². The Morgan fingerprint density at radius 3 is 2.00 bits per heavy atom. The number of esters is 2. The first-order valence-corrected chi connectivity index (χ1v) is 8.86. The number of nitrogens with zero attached hydrogens (tertiary/aromatic N) is 3. The Morgan fingerprint density at radius 1 is 0.750 bits per heavy atom. The number of aromatic nitrogens is 3. The Morgan fingerprint density at radius 2 is 1.36 bits per heavy atom. The van der Waals surface area contributed by atoms with E-state index in [0.717, 1.165) is 0 Å². The van der Waals surface area contributed by atoms with Gasteiger partial charge in [0, 0.05) is 12.4 Å². The van der Waals surface area contributed by atoms with Gasteiger partial charge in [0.2, 0.25) is 0 Å². The lowest BCUT2D eigenvalue weighted by atomic mass is 10.1. The molecule has 0 aliphatic rings. The SMILES string of the molecule is CCOC(=O)c1ccnc(-c2cc(C(=O)OCC)cc(-c3ccccn3)n2)c1. The molecule has 0 radical (unpaired) electrons. The van der Waals surface area contributed by atoms with Gasteiger partial charge in [-0.3, -0.25) is 9.97 Å². The van der Waals surface area contributed by atoms with Crippen molar-refractivity contribution in [3.63, 3.8) is 0 Å². The first-order valence-electron chi connectivity index (χ1n) is 8.86. The maximum atomic E-state index is 12.3. The van der Waals surface area contributed by atoms with Crippen molar-refractivity contribution in [2.75, 3.05) is 13.2 Å². The molecule has 3 heterocycles. The van der Waals surface area contributed by atoms with Gasteiger partial charge in [-0.05, 0) is 50.2 Å². The molecule has 0 aromatic carbocycles. The van der Waals surface area contributed by atoms with E-state index in [-0.39, 0.29) is 13.2 Å². The van der Waals surface area contributed by atoms with Crippen molar-refractivity contribution in [2.45, 2.75) is 13.8 Å². The van der Waals surface area contributed by atoms with E-state index in [9.17, 15) is 9.59 Å². The summed E-state index contributed by atoms with van der Waals surface area (Å²) in [4.78, 5) is 37.5. The normalized spacial score (nSPS) is 10.4. The standard InChI is InChI=1S/C21H19N3O4/c1-3-27-20(25)14-8-10-23-17(11-14)19-13-15(21(26)28-4-2)12-18(24-19)16-7-5-6-9-22-16/h5-13H,3-4H2,1-2H3. The fraction of sp³-hybridized carbons (Fsp3) is 0.190. The molecule has 0 unspecified atom stereocenters. The van der Waals surface area contributed by atoms with E-state index >= 15 is 0 Å². The fourth-order valence-electron chi connectivity index (χ4n) is 2.55. The molecule has 3 aromatic rings.